The van der Waals surface area contributed by atoms with Crippen molar-refractivity contribution in [1.29, 1.82) is 0 Å². The van der Waals surface area contributed by atoms with Crippen molar-refractivity contribution in [3.05, 3.63) is 28.2 Å². The predicted octanol–water partition coefficient (Wildman–Crippen LogP) is 0.937. The second-order valence-corrected chi connectivity index (χ2v) is 5.86. The van der Waals surface area contributed by atoms with E-state index in [-0.39, 0.29) is 17.8 Å². The van der Waals surface area contributed by atoms with E-state index in [0.717, 1.165) is 12.2 Å². The molecule has 0 amide bonds. The maximum Gasteiger partial charge on any atom is 0.223 e. The van der Waals surface area contributed by atoms with Gasteiger partial charge in [0.25, 0.3) is 0 Å². The molecule has 1 unspecified atom stereocenters. The van der Waals surface area contributed by atoms with Gasteiger partial charge in [-0.25, -0.2) is 0 Å². The second-order valence-electron chi connectivity index (χ2n) is 5.86. The molecule has 2 rings (SSSR count). The van der Waals surface area contributed by atoms with Crippen molar-refractivity contribution in [2.45, 2.75) is 45.3 Å². The molecule has 1 fully saturated rings. The number of pyridine rings is 1. The molecule has 22 heavy (non-hydrogen) atoms. The van der Waals surface area contributed by atoms with Crippen molar-refractivity contribution in [1.82, 2.24) is 9.47 Å². The van der Waals surface area contributed by atoms with Crippen LogP contribution in [-0.4, -0.2) is 52.1 Å². The van der Waals surface area contributed by atoms with Crippen LogP contribution in [-0.2, 0) is 17.8 Å². The molecule has 1 aromatic rings. The van der Waals surface area contributed by atoms with Gasteiger partial charge in [0.1, 0.15) is 0 Å². The van der Waals surface area contributed by atoms with Crippen LogP contribution in [0.5, 0.6) is 5.75 Å². The minimum atomic E-state index is -0.341. The van der Waals surface area contributed by atoms with Gasteiger partial charge >= 0.3 is 0 Å². The number of likely N-dealkylation sites (tertiary alicyclic amines) is 1. The molecule has 1 aromatic heterocycles. The summed E-state index contributed by atoms with van der Waals surface area (Å²) in [6, 6.07) is 2.03. The fraction of sp³-hybridized carbons (Fsp3) is 0.688. The Morgan fingerprint density at radius 2 is 2.18 bits per heavy atom. The van der Waals surface area contributed by atoms with Crippen molar-refractivity contribution in [2.75, 3.05) is 26.4 Å². The molecule has 0 saturated carbocycles. The first-order valence-corrected chi connectivity index (χ1v) is 7.97. The Kier molecular flexibility index (Phi) is 6.42. The summed E-state index contributed by atoms with van der Waals surface area (Å²) >= 11 is 0. The van der Waals surface area contributed by atoms with Crippen LogP contribution in [0.15, 0.2) is 17.1 Å². The van der Waals surface area contributed by atoms with Gasteiger partial charge in [0, 0.05) is 30.9 Å². The molecule has 0 radical (unpaired) electrons. The second kappa shape index (κ2) is 8.31. The quantitative estimate of drug-likeness (QED) is 0.733. The van der Waals surface area contributed by atoms with Gasteiger partial charge in [-0.05, 0) is 26.3 Å². The first kappa shape index (κ1) is 17.0. The number of ether oxygens (including phenoxy) is 1. The van der Waals surface area contributed by atoms with Crippen molar-refractivity contribution in [2.24, 2.45) is 0 Å². The van der Waals surface area contributed by atoms with Crippen LogP contribution in [0.2, 0.25) is 0 Å². The molecule has 2 heterocycles. The van der Waals surface area contributed by atoms with Crippen molar-refractivity contribution >= 4 is 0 Å². The highest BCUT2D eigenvalue weighted by Crippen LogP contribution is 2.19. The molecule has 1 atom stereocenters. The van der Waals surface area contributed by atoms with Crippen LogP contribution >= 0.6 is 0 Å². The normalized spacial score (nSPS) is 19.5. The summed E-state index contributed by atoms with van der Waals surface area (Å²) in [5.41, 5.74) is 0.552. The fourth-order valence-corrected chi connectivity index (χ4v) is 2.88. The predicted molar refractivity (Wildman–Crippen MR) is 84.0 cm³/mol. The molecule has 0 bridgehead atoms. The number of aromatic nitrogens is 1. The Hall–Kier alpha value is -1.37. The first-order valence-electron chi connectivity index (χ1n) is 7.97. The Balaban J connectivity index is 2.09. The van der Waals surface area contributed by atoms with Crippen molar-refractivity contribution in [3.63, 3.8) is 0 Å². The lowest BCUT2D eigenvalue weighted by atomic mass is 10.0. The van der Waals surface area contributed by atoms with Crippen molar-refractivity contribution in [3.8, 4) is 5.75 Å². The summed E-state index contributed by atoms with van der Waals surface area (Å²) in [5.74, 6) is -0.238. The number of aliphatic hydroxyl groups is 1. The SMILES string of the molecule is CC1CCCCN1Cc1cc(=O)c(O)cn1CCOCCO. The van der Waals surface area contributed by atoms with Gasteiger partial charge in [-0.2, -0.15) is 0 Å². The molecule has 1 aliphatic heterocycles. The fourth-order valence-electron chi connectivity index (χ4n) is 2.88. The maximum atomic E-state index is 11.7. The minimum Gasteiger partial charge on any atom is -0.503 e. The molecule has 0 aromatic carbocycles. The Labute approximate surface area is 130 Å². The number of rotatable bonds is 7. The monoisotopic (exact) mass is 310 g/mol. The highest BCUT2D eigenvalue weighted by Gasteiger charge is 2.19. The van der Waals surface area contributed by atoms with E-state index in [0.29, 0.717) is 32.3 Å². The molecule has 6 nitrogen and oxygen atoms in total. The number of hydrogen-bond acceptors (Lipinski definition) is 5. The average Bonchev–Trinajstić information content (AvgIpc) is 2.50. The average molecular weight is 310 g/mol. The van der Waals surface area contributed by atoms with E-state index in [4.69, 9.17) is 9.84 Å². The van der Waals surface area contributed by atoms with Crippen LogP contribution in [0.4, 0.5) is 0 Å². The first-order chi connectivity index (χ1) is 10.6. The summed E-state index contributed by atoms with van der Waals surface area (Å²) in [6.07, 6.45) is 5.11. The van der Waals surface area contributed by atoms with Gasteiger partial charge in [0.15, 0.2) is 5.75 Å². The zero-order valence-electron chi connectivity index (χ0n) is 13.2. The van der Waals surface area contributed by atoms with E-state index in [9.17, 15) is 9.90 Å². The molecule has 1 saturated heterocycles. The van der Waals surface area contributed by atoms with Crippen LogP contribution in [0, 0.1) is 0 Å². The van der Waals surface area contributed by atoms with Crippen LogP contribution in [0.3, 0.4) is 0 Å². The Morgan fingerprint density at radius 1 is 1.36 bits per heavy atom. The van der Waals surface area contributed by atoms with Gasteiger partial charge in [-0.1, -0.05) is 6.42 Å². The lowest BCUT2D eigenvalue weighted by Gasteiger charge is -2.33. The topological polar surface area (TPSA) is 74.9 Å². The third-order valence-corrected chi connectivity index (χ3v) is 4.22. The van der Waals surface area contributed by atoms with Crippen molar-refractivity contribution < 1.29 is 14.9 Å². The van der Waals surface area contributed by atoms with Gasteiger partial charge in [-0.15, -0.1) is 0 Å². The number of piperidine rings is 1. The molecule has 6 heteroatoms. The summed E-state index contributed by atoms with van der Waals surface area (Å²) < 4.78 is 7.15. The zero-order chi connectivity index (χ0) is 15.9. The minimum absolute atomic E-state index is 0.00638. The smallest absolute Gasteiger partial charge is 0.223 e. The van der Waals surface area contributed by atoms with E-state index >= 15 is 0 Å². The summed E-state index contributed by atoms with van der Waals surface area (Å²) in [7, 11) is 0. The highest BCUT2D eigenvalue weighted by molar-refractivity contribution is 5.20. The third-order valence-electron chi connectivity index (χ3n) is 4.22. The maximum absolute atomic E-state index is 11.7. The summed E-state index contributed by atoms with van der Waals surface area (Å²) in [5, 5.41) is 18.4. The number of hydrogen-bond donors (Lipinski definition) is 2. The Bertz CT molecular complexity index is 529. The van der Waals surface area contributed by atoms with E-state index in [1.165, 1.54) is 31.5 Å². The van der Waals surface area contributed by atoms with E-state index < -0.39 is 0 Å². The van der Waals surface area contributed by atoms with Gasteiger partial charge in [0.2, 0.25) is 5.43 Å². The highest BCUT2D eigenvalue weighted by atomic mass is 16.5. The molecule has 1 aliphatic rings. The molecule has 0 spiro atoms. The lowest BCUT2D eigenvalue weighted by Crippen LogP contribution is -2.38. The number of aromatic hydroxyl groups is 1. The standard InChI is InChI=1S/C16H26N2O4/c1-13-4-2-3-5-17(13)11-14-10-15(20)16(21)12-18(14)6-8-22-9-7-19/h10,12-13,19,21H,2-9,11H2,1H3. The van der Waals surface area contributed by atoms with Gasteiger partial charge in [-0.3, -0.25) is 9.69 Å². The third kappa shape index (κ3) is 4.56. The molecular weight excluding hydrogens is 284 g/mol. The van der Waals surface area contributed by atoms with E-state index in [1.54, 1.807) is 0 Å². The summed E-state index contributed by atoms with van der Waals surface area (Å²) in [4.78, 5) is 14.1. The number of nitrogens with zero attached hydrogens (tertiary/aromatic N) is 2. The molecule has 124 valence electrons. The van der Waals surface area contributed by atoms with Gasteiger partial charge < -0.3 is 19.5 Å². The lowest BCUT2D eigenvalue weighted by molar-refractivity contribution is 0.0853. The van der Waals surface area contributed by atoms with E-state index in [1.807, 2.05) is 4.57 Å². The van der Waals surface area contributed by atoms with Crippen LogP contribution in [0.25, 0.3) is 0 Å². The van der Waals surface area contributed by atoms with Gasteiger partial charge in [0.05, 0.1) is 26.0 Å². The number of aliphatic hydroxyl groups excluding tert-OH is 1. The molecular formula is C16H26N2O4. The Morgan fingerprint density at radius 3 is 2.91 bits per heavy atom. The van der Waals surface area contributed by atoms with E-state index in [2.05, 4.69) is 11.8 Å². The zero-order valence-corrected chi connectivity index (χ0v) is 13.2. The summed E-state index contributed by atoms with van der Waals surface area (Å²) in [6.45, 7) is 5.23. The largest absolute Gasteiger partial charge is 0.503 e. The molecule has 2 N–H and O–H groups in total. The van der Waals surface area contributed by atoms with Crippen LogP contribution in [0.1, 0.15) is 31.9 Å². The van der Waals surface area contributed by atoms with Crippen LogP contribution < -0.4 is 5.43 Å². The molecule has 0 aliphatic carbocycles.